The summed E-state index contributed by atoms with van der Waals surface area (Å²) in [5.41, 5.74) is 4.07. The van der Waals surface area contributed by atoms with E-state index in [0.717, 1.165) is 19.7 Å². The van der Waals surface area contributed by atoms with Gasteiger partial charge in [0.15, 0.2) is 0 Å². The van der Waals surface area contributed by atoms with Crippen LogP contribution in [0.25, 0.3) is 0 Å². The largest absolute Gasteiger partial charge is 0.271 e. The Hall–Kier alpha value is -1.36. The Balaban J connectivity index is 2.17. The van der Waals surface area contributed by atoms with E-state index in [-0.39, 0.29) is 15.7 Å². The molecule has 1 N–H and O–H groups in total. The lowest BCUT2D eigenvalue weighted by atomic mass is 10.1. The van der Waals surface area contributed by atoms with Crippen molar-refractivity contribution in [3.05, 3.63) is 61.6 Å². The molecular formula is C17H16Cl2IN3O3S. The number of hydrogen-bond acceptors (Lipinski definition) is 4. The van der Waals surface area contributed by atoms with Crippen LogP contribution in [0.5, 0.6) is 0 Å². The molecule has 0 aliphatic heterocycles. The van der Waals surface area contributed by atoms with E-state index in [0.29, 0.717) is 5.71 Å². The lowest BCUT2D eigenvalue weighted by Crippen LogP contribution is -2.39. The van der Waals surface area contributed by atoms with Gasteiger partial charge in [-0.3, -0.25) is 9.10 Å². The van der Waals surface area contributed by atoms with E-state index in [2.05, 4.69) is 33.1 Å². The van der Waals surface area contributed by atoms with Crippen LogP contribution < -0.4 is 9.73 Å². The van der Waals surface area contributed by atoms with Gasteiger partial charge in [-0.05, 0) is 65.4 Å². The van der Waals surface area contributed by atoms with E-state index in [4.69, 9.17) is 23.2 Å². The van der Waals surface area contributed by atoms with Gasteiger partial charge in [0, 0.05) is 3.57 Å². The number of hydrogen-bond donors (Lipinski definition) is 1. The molecule has 144 valence electrons. The monoisotopic (exact) mass is 539 g/mol. The Morgan fingerprint density at radius 2 is 1.89 bits per heavy atom. The number of amides is 1. The van der Waals surface area contributed by atoms with E-state index in [9.17, 15) is 13.2 Å². The quantitative estimate of drug-likeness (QED) is 0.343. The lowest BCUT2D eigenvalue weighted by Gasteiger charge is -2.21. The van der Waals surface area contributed by atoms with Gasteiger partial charge in [0.1, 0.15) is 6.54 Å². The maximum atomic E-state index is 12.2. The third-order valence-electron chi connectivity index (χ3n) is 3.47. The predicted molar refractivity (Wildman–Crippen MR) is 118 cm³/mol. The zero-order chi connectivity index (χ0) is 20.2. The molecule has 0 saturated carbocycles. The SMILES string of the molecule is C/C(=N/NC(=O)CN(c1ccc(Cl)c(Cl)c1)S(C)(=O)=O)c1cccc(I)c1. The number of halogens is 3. The highest BCUT2D eigenvalue weighted by molar-refractivity contribution is 14.1. The Bertz CT molecular complexity index is 997. The van der Waals surface area contributed by atoms with Crippen LogP contribution in [0, 0.1) is 3.57 Å². The molecule has 2 aromatic carbocycles. The molecule has 0 aromatic heterocycles. The number of carbonyl (C=O) groups is 1. The Labute approximate surface area is 181 Å². The van der Waals surface area contributed by atoms with Crippen LogP contribution in [0.15, 0.2) is 47.6 Å². The van der Waals surface area contributed by atoms with Crippen molar-refractivity contribution < 1.29 is 13.2 Å². The van der Waals surface area contributed by atoms with Crippen LogP contribution in [0.3, 0.4) is 0 Å². The number of benzene rings is 2. The molecule has 0 bridgehead atoms. The Kier molecular flexibility index (Phi) is 7.49. The summed E-state index contributed by atoms with van der Waals surface area (Å²) in [6, 6.07) is 11.9. The molecule has 10 heteroatoms. The molecule has 0 atom stereocenters. The molecule has 1 amide bonds. The fourth-order valence-electron chi connectivity index (χ4n) is 2.13. The summed E-state index contributed by atoms with van der Waals surface area (Å²) in [6.07, 6.45) is 1.00. The van der Waals surface area contributed by atoms with E-state index >= 15 is 0 Å². The van der Waals surface area contributed by atoms with Crippen molar-refractivity contribution in [3.8, 4) is 0 Å². The van der Waals surface area contributed by atoms with Gasteiger partial charge < -0.3 is 0 Å². The Morgan fingerprint density at radius 1 is 1.19 bits per heavy atom. The van der Waals surface area contributed by atoms with Gasteiger partial charge in [-0.1, -0.05) is 35.3 Å². The topological polar surface area (TPSA) is 78.8 Å². The van der Waals surface area contributed by atoms with Crippen LogP contribution in [-0.2, 0) is 14.8 Å². The van der Waals surface area contributed by atoms with Crippen LogP contribution in [0.1, 0.15) is 12.5 Å². The average molecular weight is 540 g/mol. The molecule has 0 aliphatic carbocycles. The van der Waals surface area contributed by atoms with Gasteiger partial charge in [0.05, 0.1) is 27.7 Å². The second kappa shape index (κ2) is 9.22. The summed E-state index contributed by atoms with van der Waals surface area (Å²) in [4.78, 5) is 12.2. The summed E-state index contributed by atoms with van der Waals surface area (Å²) in [6.45, 7) is 1.30. The number of nitrogens with zero attached hydrogens (tertiary/aromatic N) is 2. The van der Waals surface area contributed by atoms with Gasteiger partial charge in [0.25, 0.3) is 5.91 Å². The van der Waals surface area contributed by atoms with Gasteiger partial charge in [0.2, 0.25) is 10.0 Å². The van der Waals surface area contributed by atoms with Crippen molar-refractivity contribution in [1.82, 2.24) is 5.43 Å². The molecule has 0 radical (unpaired) electrons. The second-order valence-corrected chi connectivity index (χ2v) is 9.58. The first-order chi connectivity index (χ1) is 12.6. The second-order valence-electron chi connectivity index (χ2n) is 5.61. The van der Waals surface area contributed by atoms with Crippen LogP contribution in [-0.4, -0.2) is 32.8 Å². The molecule has 27 heavy (non-hydrogen) atoms. The number of carbonyl (C=O) groups excluding carboxylic acids is 1. The van der Waals surface area contributed by atoms with Gasteiger partial charge in [-0.15, -0.1) is 0 Å². The molecule has 0 saturated heterocycles. The van der Waals surface area contributed by atoms with E-state index in [1.807, 2.05) is 24.3 Å². The van der Waals surface area contributed by atoms with Gasteiger partial charge >= 0.3 is 0 Å². The van der Waals surface area contributed by atoms with Crippen molar-refractivity contribution in [1.29, 1.82) is 0 Å². The number of anilines is 1. The fraction of sp³-hybridized carbons (Fsp3) is 0.176. The average Bonchev–Trinajstić information content (AvgIpc) is 2.59. The minimum atomic E-state index is -3.72. The number of rotatable bonds is 6. The molecular weight excluding hydrogens is 524 g/mol. The summed E-state index contributed by atoms with van der Waals surface area (Å²) in [7, 11) is -3.72. The van der Waals surface area contributed by atoms with Crippen molar-refractivity contribution in [2.75, 3.05) is 17.1 Å². The highest BCUT2D eigenvalue weighted by atomic mass is 127. The van der Waals surface area contributed by atoms with Crippen LogP contribution >= 0.6 is 45.8 Å². The summed E-state index contributed by atoms with van der Waals surface area (Å²) in [5, 5.41) is 4.52. The van der Waals surface area contributed by atoms with E-state index in [1.54, 1.807) is 6.92 Å². The summed E-state index contributed by atoms with van der Waals surface area (Å²) in [5.74, 6) is -0.587. The highest BCUT2D eigenvalue weighted by Crippen LogP contribution is 2.28. The standard InChI is InChI=1S/C17H16Cl2IN3O3S/c1-11(12-4-3-5-13(20)8-12)21-22-17(24)10-23(27(2,25)26)14-6-7-15(18)16(19)9-14/h3-9H,10H2,1-2H3,(H,22,24)/b21-11-. The third kappa shape index (κ3) is 6.34. The van der Waals surface area contributed by atoms with Crippen molar-refractivity contribution in [2.45, 2.75) is 6.92 Å². The molecule has 0 unspecified atom stereocenters. The van der Waals surface area contributed by atoms with E-state index in [1.165, 1.54) is 18.2 Å². The van der Waals surface area contributed by atoms with Crippen molar-refractivity contribution in [3.63, 3.8) is 0 Å². The maximum absolute atomic E-state index is 12.2. The van der Waals surface area contributed by atoms with Gasteiger partial charge in [-0.25, -0.2) is 13.8 Å². The molecule has 2 aromatic rings. The predicted octanol–water partition coefficient (Wildman–Crippen LogP) is 3.90. The number of nitrogens with one attached hydrogen (secondary N) is 1. The first kappa shape index (κ1) is 21.9. The molecule has 0 fully saturated rings. The molecule has 2 rings (SSSR count). The van der Waals surface area contributed by atoms with E-state index < -0.39 is 22.5 Å². The Morgan fingerprint density at radius 3 is 2.48 bits per heavy atom. The van der Waals surface area contributed by atoms with Crippen LogP contribution in [0.2, 0.25) is 10.0 Å². The molecule has 0 heterocycles. The fourth-order valence-corrected chi connectivity index (χ4v) is 3.81. The van der Waals surface area contributed by atoms with Crippen molar-refractivity contribution in [2.24, 2.45) is 5.10 Å². The smallest absolute Gasteiger partial charge is 0.260 e. The molecule has 6 nitrogen and oxygen atoms in total. The van der Waals surface area contributed by atoms with Gasteiger partial charge in [-0.2, -0.15) is 5.10 Å². The third-order valence-corrected chi connectivity index (χ3v) is 6.02. The highest BCUT2D eigenvalue weighted by Gasteiger charge is 2.21. The van der Waals surface area contributed by atoms with Crippen molar-refractivity contribution >= 4 is 73.1 Å². The number of sulfonamides is 1. The molecule has 0 spiro atoms. The minimum absolute atomic E-state index is 0.191. The zero-order valence-electron chi connectivity index (χ0n) is 14.4. The first-order valence-electron chi connectivity index (χ1n) is 7.60. The normalized spacial score (nSPS) is 12.0. The lowest BCUT2D eigenvalue weighted by molar-refractivity contribution is -0.119. The maximum Gasteiger partial charge on any atom is 0.260 e. The molecule has 0 aliphatic rings. The van der Waals surface area contributed by atoms with Crippen LogP contribution in [0.4, 0.5) is 5.69 Å². The zero-order valence-corrected chi connectivity index (χ0v) is 18.9. The summed E-state index contributed by atoms with van der Waals surface area (Å²) >= 11 is 14.0. The number of hydrazone groups is 1. The summed E-state index contributed by atoms with van der Waals surface area (Å²) < 4.78 is 26.2. The minimum Gasteiger partial charge on any atom is -0.271 e. The first-order valence-corrected chi connectivity index (χ1v) is 11.3.